The van der Waals surface area contributed by atoms with E-state index in [4.69, 9.17) is 4.74 Å². The minimum Gasteiger partial charge on any atom is -0.492 e. The largest absolute Gasteiger partial charge is 0.492 e. The summed E-state index contributed by atoms with van der Waals surface area (Å²) in [4.78, 5) is 2.44. The summed E-state index contributed by atoms with van der Waals surface area (Å²) in [5.74, 6) is 2.19. The molecule has 1 saturated carbocycles. The summed E-state index contributed by atoms with van der Waals surface area (Å²) in [5, 5.41) is 9.89. The zero-order valence-electron chi connectivity index (χ0n) is 11.6. The van der Waals surface area contributed by atoms with Crippen molar-refractivity contribution in [1.29, 1.82) is 0 Å². The van der Waals surface area contributed by atoms with Gasteiger partial charge in [0.05, 0.1) is 6.10 Å². The molecule has 19 heavy (non-hydrogen) atoms. The van der Waals surface area contributed by atoms with Crippen LogP contribution in [0.3, 0.4) is 0 Å². The first-order valence-electron chi connectivity index (χ1n) is 7.32. The van der Waals surface area contributed by atoms with Crippen LogP contribution in [0.2, 0.25) is 0 Å². The van der Waals surface area contributed by atoms with E-state index in [9.17, 15) is 5.11 Å². The van der Waals surface area contributed by atoms with Crippen molar-refractivity contribution in [2.75, 3.05) is 26.2 Å². The topological polar surface area (TPSA) is 32.7 Å². The number of hydrogen-bond donors (Lipinski definition) is 1. The highest BCUT2D eigenvalue weighted by Crippen LogP contribution is 2.37. The van der Waals surface area contributed by atoms with E-state index in [-0.39, 0.29) is 6.10 Å². The van der Waals surface area contributed by atoms with Gasteiger partial charge in [0, 0.05) is 25.6 Å². The molecule has 1 N–H and O–H groups in total. The van der Waals surface area contributed by atoms with E-state index in [1.165, 1.54) is 12.0 Å². The minimum absolute atomic E-state index is 0.0623. The molecular formula is C16H23NO2. The van der Waals surface area contributed by atoms with Gasteiger partial charge in [-0.2, -0.15) is 0 Å². The van der Waals surface area contributed by atoms with Gasteiger partial charge in [-0.05, 0) is 43.4 Å². The highest BCUT2D eigenvalue weighted by Gasteiger charge is 2.41. The average Bonchev–Trinajstić information content (AvgIpc) is 2.92. The molecule has 0 spiro atoms. The molecular weight excluding hydrogens is 238 g/mol. The first-order chi connectivity index (χ1) is 9.22. The van der Waals surface area contributed by atoms with E-state index in [2.05, 4.69) is 24.0 Å². The van der Waals surface area contributed by atoms with Gasteiger partial charge < -0.3 is 9.84 Å². The van der Waals surface area contributed by atoms with Crippen LogP contribution in [0.4, 0.5) is 0 Å². The van der Waals surface area contributed by atoms with E-state index >= 15 is 0 Å². The molecule has 1 aromatic carbocycles. The smallest absolute Gasteiger partial charge is 0.119 e. The first-order valence-corrected chi connectivity index (χ1v) is 7.32. The van der Waals surface area contributed by atoms with Gasteiger partial charge in [-0.25, -0.2) is 0 Å². The third-order valence-electron chi connectivity index (χ3n) is 4.56. The number of aliphatic hydroxyl groups excluding tert-OH is 1. The van der Waals surface area contributed by atoms with Crippen LogP contribution in [-0.2, 0) is 0 Å². The molecule has 1 aliphatic carbocycles. The molecule has 2 fully saturated rings. The van der Waals surface area contributed by atoms with Crippen molar-refractivity contribution >= 4 is 0 Å². The Morgan fingerprint density at radius 1 is 1.32 bits per heavy atom. The van der Waals surface area contributed by atoms with Crippen molar-refractivity contribution in [1.82, 2.24) is 4.90 Å². The molecule has 1 saturated heterocycles. The van der Waals surface area contributed by atoms with Crippen molar-refractivity contribution in [3.8, 4) is 5.75 Å². The molecule has 3 heteroatoms. The van der Waals surface area contributed by atoms with Crippen LogP contribution in [0.5, 0.6) is 5.75 Å². The van der Waals surface area contributed by atoms with Gasteiger partial charge in [0.2, 0.25) is 0 Å². The van der Waals surface area contributed by atoms with Crippen LogP contribution in [0.1, 0.15) is 18.4 Å². The summed E-state index contributed by atoms with van der Waals surface area (Å²) >= 11 is 0. The van der Waals surface area contributed by atoms with Crippen LogP contribution in [0, 0.1) is 18.8 Å². The molecule has 0 bridgehead atoms. The molecule has 3 nitrogen and oxygen atoms in total. The lowest BCUT2D eigenvalue weighted by molar-refractivity contribution is 0.122. The summed E-state index contributed by atoms with van der Waals surface area (Å²) < 4.78 is 5.79. The van der Waals surface area contributed by atoms with Gasteiger partial charge in [-0.15, -0.1) is 0 Å². The fraction of sp³-hybridized carbons (Fsp3) is 0.625. The Hall–Kier alpha value is -1.06. The Morgan fingerprint density at radius 3 is 3.00 bits per heavy atom. The number of hydrogen-bond acceptors (Lipinski definition) is 3. The van der Waals surface area contributed by atoms with Gasteiger partial charge in [0.1, 0.15) is 12.4 Å². The summed E-state index contributed by atoms with van der Waals surface area (Å²) in [6.45, 7) is 5.96. The Morgan fingerprint density at radius 2 is 2.21 bits per heavy atom. The normalized spacial score (nSPS) is 30.5. The number of nitrogens with zero attached hydrogens (tertiary/aromatic N) is 1. The number of rotatable bonds is 4. The fourth-order valence-electron chi connectivity index (χ4n) is 3.51. The summed E-state index contributed by atoms with van der Waals surface area (Å²) in [6.07, 6.45) is 2.14. The number of ether oxygens (including phenoxy) is 1. The third-order valence-corrected chi connectivity index (χ3v) is 4.56. The minimum atomic E-state index is -0.0623. The number of benzene rings is 1. The van der Waals surface area contributed by atoms with Gasteiger partial charge in [0.15, 0.2) is 0 Å². The molecule has 1 aromatic rings. The molecule has 3 rings (SSSR count). The van der Waals surface area contributed by atoms with Crippen LogP contribution in [0.25, 0.3) is 0 Å². The second-order valence-corrected chi connectivity index (χ2v) is 5.99. The molecule has 2 aliphatic rings. The van der Waals surface area contributed by atoms with E-state index in [1.807, 2.05) is 12.1 Å². The molecule has 0 radical (unpaired) electrons. The van der Waals surface area contributed by atoms with Crippen molar-refractivity contribution in [2.45, 2.75) is 25.9 Å². The zero-order chi connectivity index (χ0) is 13.2. The first kappa shape index (κ1) is 12.9. The summed E-state index contributed by atoms with van der Waals surface area (Å²) in [6, 6.07) is 8.19. The van der Waals surface area contributed by atoms with Crippen molar-refractivity contribution in [3.63, 3.8) is 0 Å². The monoisotopic (exact) mass is 261 g/mol. The Balaban J connectivity index is 1.44. The summed E-state index contributed by atoms with van der Waals surface area (Å²) in [5.41, 5.74) is 1.23. The maximum absolute atomic E-state index is 9.89. The number of likely N-dealkylation sites (tertiary alicyclic amines) is 1. The van der Waals surface area contributed by atoms with Gasteiger partial charge in [-0.1, -0.05) is 12.1 Å². The second kappa shape index (κ2) is 5.51. The van der Waals surface area contributed by atoms with Gasteiger partial charge in [0.25, 0.3) is 0 Å². The van der Waals surface area contributed by atoms with E-state index in [0.29, 0.717) is 11.8 Å². The van der Waals surface area contributed by atoms with Crippen LogP contribution >= 0.6 is 0 Å². The van der Waals surface area contributed by atoms with E-state index in [1.54, 1.807) is 0 Å². The van der Waals surface area contributed by atoms with Gasteiger partial charge in [-0.3, -0.25) is 4.90 Å². The van der Waals surface area contributed by atoms with Crippen molar-refractivity contribution in [2.24, 2.45) is 11.8 Å². The molecule has 3 atom stereocenters. The van der Waals surface area contributed by atoms with Crippen LogP contribution in [-0.4, -0.2) is 42.4 Å². The molecule has 0 aromatic heterocycles. The summed E-state index contributed by atoms with van der Waals surface area (Å²) in [7, 11) is 0. The van der Waals surface area contributed by atoms with Crippen LogP contribution < -0.4 is 4.74 Å². The molecule has 1 heterocycles. The van der Waals surface area contributed by atoms with Crippen molar-refractivity contribution < 1.29 is 9.84 Å². The highest BCUT2D eigenvalue weighted by molar-refractivity contribution is 5.27. The second-order valence-electron chi connectivity index (χ2n) is 5.99. The van der Waals surface area contributed by atoms with E-state index in [0.717, 1.165) is 38.4 Å². The quantitative estimate of drug-likeness (QED) is 0.900. The Bertz CT molecular complexity index is 435. The number of fused-ring (bicyclic) bond motifs is 1. The number of aliphatic hydroxyl groups is 1. The predicted octanol–water partition coefficient (Wildman–Crippen LogP) is 2.08. The molecule has 104 valence electrons. The Labute approximate surface area is 115 Å². The van der Waals surface area contributed by atoms with Crippen LogP contribution in [0.15, 0.2) is 24.3 Å². The highest BCUT2D eigenvalue weighted by atomic mass is 16.5. The fourth-order valence-corrected chi connectivity index (χ4v) is 3.51. The Kier molecular flexibility index (Phi) is 3.76. The van der Waals surface area contributed by atoms with E-state index < -0.39 is 0 Å². The predicted molar refractivity (Wildman–Crippen MR) is 75.3 cm³/mol. The molecule has 3 unspecified atom stereocenters. The molecule has 1 aliphatic heterocycles. The standard InChI is InChI=1S/C16H23NO2/c1-12-3-2-4-14(9-12)19-8-7-17-10-13-5-6-16(18)15(13)11-17/h2-4,9,13,15-16,18H,5-8,10-11H2,1H3. The third kappa shape index (κ3) is 2.93. The van der Waals surface area contributed by atoms with Crippen molar-refractivity contribution in [3.05, 3.63) is 29.8 Å². The average molecular weight is 261 g/mol. The maximum Gasteiger partial charge on any atom is 0.119 e. The van der Waals surface area contributed by atoms with Gasteiger partial charge >= 0.3 is 0 Å². The maximum atomic E-state index is 9.89. The lowest BCUT2D eigenvalue weighted by atomic mass is 10.00. The SMILES string of the molecule is Cc1cccc(OCCN2CC3CCC(O)C3C2)c1. The molecule has 0 amide bonds. The number of aryl methyl sites for hydroxylation is 1. The lowest BCUT2D eigenvalue weighted by Crippen LogP contribution is -2.28. The lowest BCUT2D eigenvalue weighted by Gasteiger charge is -2.18. The zero-order valence-corrected chi connectivity index (χ0v) is 11.6.